The lowest BCUT2D eigenvalue weighted by molar-refractivity contribution is -0.134. The van der Waals surface area contributed by atoms with Crippen LogP contribution in [0.3, 0.4) is 0 Å². The molecule has 1 aromatic carbocycles. The minimum Gasteiger partial charge on any atom is -0.395 e. The first-order chi connectivity index (χ1) is 9.76. The summed E-state index contributed by atoms with van der Waals surface area (Å²) in [7, 11) is 0. The van der Waals surface area contributed by atoms with Crippen LogP contribution in [0.15, 0.2) is 24.3 Å². The summed E-state index contributed by atoms with van der Waals surface area (Å²) in [6.07, 6.45) is 2.77. The van der Waals surface area contributed by atoms with Crippen molar-refractivity contribution in [1.29, 1.82) is 0 Å². The molecule has 1 heterocycles. The fourth-order valence-electron chi connectivity index (χ4n) is 2.65. The number of nitrogens with zero attached hydrogens (tertiary/aromatic N) is 1. The third-order valence-electron chi connectivity index (χ3n) is 3.84. The normalized spacial score (nSPS) is 17.6. The SMILES string of the molecule is CCCCN(CCO)C(=O)[C@@H]1Cc2ccccc2CN1. The van der Waals surface area contributed by atoms with E-state index in [1.54, 1.807) is 4.90 Å². The van der Waals surface area contributed by atoms with Gasteiger partial charge in [-0.25, -0.2) is 0 Å². The highest BCUT2D eigenvalue weighted by Crippen LogP contribution is 2.17. The Morgan fingerprint density at radius 3 is 2.80 bits per heavy atom. The van der Waals surface area contributed by atoms with Gasteiger partial charge in [0.25, 0.3) is 0 Å². The molecular formula is C16H24N2O2. The van der Waals surface area contributed by atoms with Crippen LogP contribution in [0.25, 0.3) is 0 Å². The zero-order valence-electron chi connectivity index (χ0n) is 12.1. The van der Waals surface area contributed by atoms with Crippen LogP contribution in [0.4, 0.5) is 0 Å². The quantitative estimate of drug-likeness (QED) is 0.824. The average Bonchev–Trinajstić information content (AvgIpc) is 2.50. The van der Waals surface area contributed by atoms with E-state index in [2.05, 4.69) is 24.4 Å². The molecule has 1 aliphatic rings. The second-order valence-corrected chi connectivity index (χ2v) is 5.31. The molecule has 1 atom stereocenters. The molecule has 0 saturated heterocycles. The van der Waals surface area contributed by atoms with E-state index < -0.39 is 0 Å². The van der Waals surface area contributed by atoms with Gasteiger partial charge in [0.2, 0.25) is 5.91 Å². The smallest absolute Gasteiger partial charge is 0.240 e. The number of unbranched alkanes of at least 4 members (excludes halogenated alkanes) is 1. The van der Waals surface area contributed by atoms with E-state index in [4.69, 9.17) is 5.11 Å². The van der Waals surface area contributed by atoms with Crippen LogP contribution < -0.4 is 5.32 Å². The molecule has 110 valence electrons. The van der Waals surface area contributed by atoms with Crippen LogP contribution in [-0.2, 0) is 17.8 Å². The fourth-order valence-corrected chi connectivity index (χ4v) is 2.65. The van der Waals surface area contributed by atoms with Crippen LogP contribution >= 0.6 is 0 Å². The summed E-state index contributed by atoms with van der Waals surface area (Å²) in [5, 5.41) is 12.4. The van der Waals surface area contributed by atoms with E-state index in [0.29, 0.717) is 6.54 Å². The van der Waals surface area contributed by atoms with Gasteiger partial charge in [-0.2, -0.15) is 0 Å². The molecule has 1 aliphatic heterocycles. The summed E-state index contributed by atoms with van der Waals surface area (Å²) in [6.45, 7) is 4.04. The lowest BCUT2D eigenvalue weighted by Gasteiger charge is -2.30. The lowest BCUT2D eigenvalue weighted by atomic mass is 9.95. The highest BCUT2D eigenvalue weighted by atomic mass is 16.3. The molecule has 0 aliphatic carbocycles. The number of fused-ring (bicyclic) bond motifs is 1. The Morgan fingerprint density at radius 1 is 1.35 bits per heavy atom. The maximum absolute atomic E-state index is 12.6. The summed E-state index contributed by atoms with van der Waals surface area (Å²) in [5.74, 6) is 0.113. The highest BCUT2D eigenvalue weighted by Gasteiger charge is 2.27. The zero-order valence-corrected chi connectivity index (χ0v) is 12.1. The van der Waals surface area contributed by atoms with Crippen molar-refractivity contribution in [2.45, 2.75) is 38.8 Å². The van der Waals surface area contributed by atoms with Crippen molar-refractivity contribution < 1.29 is 9.90 Å². The summed E-state index contributed by atoms with van der Waals surface area (Å²) in [4.78, 5) is 14.3. The number of carbonyl (C=O) groups is 1. The minimum absolute atomic E-state index is 0.0265. The van der Waals surface area contributed by atoms with Crippen LogP contribution in [0.5, 0.6) is 0 Å². The Labute approximate surface area is 120 Å². The number of rotatable bonds is 6. The van der Waals surface area contributed by atoms with Crippen LogP contribution in [0.2, 0.25) is 0 Å². The van der Waals surface area contributed by atoms with Crippen molar-refractivity contribution in [1.82, 2.24) is 10.2 Å². The molecule has 0 fully saturated rings. The number of hydrogen-bond acceptors (Lipinski definition) is 3. The van der Waals surface area contributed by atoms with E-state index in [-0.39, 0.29) is 18.6 Å². The highest BCUT2D eigenvalue weighted by molar-refractivity contribution is 5.82. The van der Waals surface area contributed by atoms with Gasteiger partial charge in [0, 0.05) is 19.6 Å². The van der Waals surface area contributed by atoms with E-state index in [1.807, 2.05) is 12.1 Å². The Balaban J connectivity index is 2.01. The number of carbonyl (C=O) groups excluding carboxylic acids is 1. The Bertz CT molecular complexity index is 448. The van der Waals surface area contributed by atoms with E-state index >= 15 is 0 Å². The van der Waals surface area contributed by atoms with Crippen LogP contribution in [0, 0.1) is 0 Å². The average molecular weight is 276 g/mol. The van der Waals surface area contributed by atoms with Crippen LogP contribution in [0.1, 0.15) is 30.9 Å². The molecule has 0 spiro atoms. The monoisotopic (exact) mass is 276 g/mol. The predicted octanol–water partition coefficient (Wildman–Crippen LogP) is 1.32. The zero-order chi connectivity index (χ0) is 14.4. The third kappa shape index (κ3) is 3.58. The second-order valence-electron chi connectivity index (χ2n) is 5.31. The molecular weight excluding hydrogens is 252 g/mol. The standard InChI is InChI=1S/C16H24N2O2/c1-2-3-8-18(9-10-19)16(20)15-11-13-6-4-5-7-14(13)12-17-15/h4-7,15,17,19H,2-3,8-12H2,1H3/t15-/m0/s1. The minimum atomic E-state index is -0.159. The molecule has 2 N–H and O–H groups in total. The molecule has 1 amide bonds. The van der Waals surface area contributed by atoms with Crippen molar-refractivity contribution in [3.05, 3.63) is 35.4 Å². The molecule has 2 rings (SSSR count). The Kier molecular flexibility index (Phi) is 5.56. The first-order valence-corrected chi connectivity index (χ1v) is 7.46. The van der Waals surface area contributed by atoms with Gasteiger partial charge in [0.15, 0.2) is 0 Å². The lowest BCUT2D eigenvalue weighted by Crippen LogP contribution is -2.50. The van der Waals surface area contributed by atoms with Crippen molar-refractivity contribution in [3.63, 3.8) is 0 Å². The number of nitrogens with one attached hydrogen (secondary N) is 1. The molecule has 0 unspecified atom stereocenters. The largest absolute Gasteiger partial charge is 0.395 e. The Hall–Kier alpha value is -1.39. The van der Waals surface area contributed by atoms with Gasteiger partial charge in [-0.1, -0.05) is 37.6 Å². The molecule has 20 heavy (non-hydrogen) atoms. The molecule has 0 saturated carbocycles. The molecule has 0 aromatic heterocycles. The van der Waals surface area contributed by atoms with Crippen LogP contribution in [-0.4, -0.2) is 41.7 Å². The first kappa shape index (κ1) is 15.0. The summed E-state index contributed by atoms with van der Waals surface area (Å²) in [5.41, 5.74) is 2.53. The summed E-state index contributed by atoms with van der Waals surface area (Å²) in [6, 6.07) is 8.09. The van der Waals surface area contributed by atoms with Gasteiger partial charge in [0.05, 0.1) is 12.6 Å². The molecule has 4 nitrogen and oxygen atoms in total. The summed E-state index contributed by atoms with van der Waals surface area (Å²) < 4.78 is 0. The van der Waals surface area contributed by atoms with Gasteiger partial charge in [-0.3, -0.25) is 4.79 Å². The predicted molar refractivity (Wildman–Crippen MR) is 79.3 cm³/mol. The van der Waals surface area contributed by atoms with E-state index in [0.717, 1.165) is 32.4 Å². The van der Waals surface area contributed by atoms with E-state index in [1.165, 1.54) is 11.1 Å². The van der Waals surface area contributed by atoms with Crippen molar-refractivity contribution in [2.75, 3.05) is 19.7 Å². The number of hydrogen-bond donors (Lipinski definition) is 2. The summed E-state index contributed by atoms with van der Waals surface area (Å²) >= 11 is 0. The maximum Gasteiger partial charge on any atom is 0.240 e. The molecule has 4 heteroatoms. The number of aliphatic hydroxyl groups excluding tert-OH is 1. The Morgan fingerprint density at radius 2 is 2.10 bits per heavy atom. The first-order valence-electron chi connectivity index (χ1n) is 7.46. The number of amides is 1. The van der Waals surface area contributed by atoms with Crippen molar-refractivity contribution in [2.24, 2.45) is 0 Å². The molecule has 0 bridgehead atoms. The molecule has 1 aromatic rings. The fraction of sp³-hybridized carbons (Fsp3) is 0.562. The second kappa shape index (κ2) is 7.41. The van der Waals surface area contributed by atoms with E-state index in [9.17, 15) is 4.79 Å². The molecule has 0 radical (unpaired) electrons. The maximum atomic E-state index is 12.6. The van der Waals surface area contributed by atoms with Gasteiger partial charge in [-0.15, -0.1) is 0 Å². The van der Waals surface area contributed by atoms with Gasteiger partial charge >= 0.3 is 0 Å². The van der Waals surface area contributed by atoms with Crippen molar-refractivity contribution in [3.8, 4) is 0 Å². The topological polar surface area (TPSA) is 52.6 Å². The van der Waals surface area contributed by atoms with Crippen molar-refractivity contribution >= 4 is 5.91 Å². The van der Waals surface area contributed by atoms with Gasteiger partial charge < -0.3 is 15.3 Å². The van der Waals surface area contributed by atoms with Gasteiger partial charge in [0.1, 0.15) is 0 Å². The van der Waals surface area contributed by atoms with Gasteiger partial charge in [-0.05, 0) is 24.0 Å². The number of aliphatic hydroxyl groups is 1. The number of benzene rings is 1. The third-order valence-corrected chi connectivity index (χ3v) is 3.84.